The Bertz CT molecular complexity index is 988. The molecule has 2 aromatic carbocycles. The number of nitrogens with one attached hydrogen (secondary N) is 1. The lowest BCUT2D eigenvalue weighted by atomic mass is 9.96. The number of ether oxygens (including phenoxy) is 1. The second-order valence-electron chi connectivity index (χ2n) is 7.40. The average molecular weight is 402 g/mol. The van der Waals surface area contributed by atoms with E-state index in [0.29, 0.717) is 28.8 Å². The van der Waals surface area contributed by atoms with Gasteiger partial charge in [-0.25, -0.2) is 4.79 Å². The Labute approximate surface area is 177 Å². The van der Waals surface area contributed by atoms with Gasteiger partial charge in [0.15, 0.2) is 6.10 Å². The molecule has 5 heteroatoms. The second-order valence-corrected chi connectivity index (χ2v) is 7.40. The van der Waals surface area contributed by atoms with E-state index in [0.717, 1.165) is 19.3 Å². The lowest BCUT2D eigenvalue weighted by molar-refractivity contribution is -0.129. The molecule has 0 aromatic heterocycles. The summed E-state index contributed by atoms with van der Waals surface area (Å²) < 4.78 is 5.43. The van der Waals surface area contributed by atoms with Crippen molar-refractivity contribution in [2.45, 2.75) is 45.1 Å². The third kappa shape index (κ3) is 5.36. The maximum absolute atomic E-state index is 12.8. The Hall–Kier alpha value is -3.39. The maximum Gasteiger partial charge on any atom is 0.339 e. The average Bonchev–Trinajstić information content (AvgIpc) is 2.79. The lowest BCUT2D eigenvalue weighted by Crippen LogP contribution is -2.36. The highest BCUT2D eigenvalue weighted by atomic mass is 16.5. The van der Waals surface area contributed by atoms with Crippen molar-refractivity contribution in [1.82, 2.24) is 5.32 Å². The maximum atomic E-state index is 12.8. The molecule has 1 atom stereocenters. The Kier molecular flexibility index (Phi) is 7.40. The van der Waals surface area contributed by atoms with Gasteiger partial charge in [-0.2, -0.15) is 5.26 Å². The minimum atomic E-state index is -0.905. The highest BCUT2D eigenvalue weighted by Gasteiger charge is 2.21. The molecule has 1 N–H and O–H groups in total. The van der Waals surface area contributed by atoms with E-state index in [1.54, 1.807) is 49.4 Å². The number of nitrogens with zero attached hydrogens (tertiary/aromatic N) is 1. The molecular formula is C25H26N2O3. The highest BCUT2D eigenvalue weighted by Crippen LogP contribution is 2.27. The van der Waals surface area contributed by atoms with Gasteiger partial charge in [-0.15, -0.1) is 0 Å². The fourth-order valence-electron chi connectivity index (χ4n) is 3.61. The molecule has 0 spiro atoms. The molecule has 154 valence electrons. The van der Waals surface area contributed by atoms with Crippen LogP contribution in [0.1, 0.15) is 54.9 Å². The van der Waals surface area contributed by atoms with Gasteiger partial charge in [-0.1, -0.05) is 48.0 Å². The largest absolute Gasteiger partial charge is 0.449 e. The zero-order valence-electron chi connectivity index (χ0n) is 17.2. The summed E-state index contributed by atoms with van der Waals surface area (Å²) in [6, 6.07) is 16.2. The van der Waals surface area contributed by atoms with E-state index in [1.807, 2.05) is 6.07 Å². The molecule has 0 unspecified atom stereocenters. The Morgan fingerprint density at radius 3 is 2.57 bits per heavy atom. The van der Waals surface area contributed by atoms with Crippen molar-refractivity contribution >= 4 is 11.9 Å². The van der Waals surface area contributed by atoms with Crippen LogP contribution in [-0.4, -0.2) is 24.5 Å². The van der Waals surface area contributed by atoms with Gasteiger partial charge < -0.3 is 10.1 Å². The number of carbonyl (C=O) groups is 2. The van der Waals surface area contributed by atoms with Crippen LogP contribution in [0, 0.1) is 11.3 Å². The molecule has 0 heterocycles. The van der Waals surface area contributed by atoms with E-state index in [4.69, 9.17) is 4.74 Å². The van der Waals surface area contributed by atoms with Crippen molar-refractivity contribution in [2.24, 2.45) is 0 Å². The van der Waals surface area contributed by atoms with Gasteiger partial charge in [0.2, 0.25) is 0 Å². The van der Waals surface area contributed by atoms with Crippen LogP contribution in [0.4, 0.5) is 0 Å². The Morgan fingerprint density at radius 2 is 1.83 bits per heavy atom. The molecule has 2 aromatic rings. The van der Waals surface area contributed by atoms with E-state index >= 15 is 0 Å². The van der Waals surface area contributed by atoms with Crippen molar-refractivity contribution in [1.29, 1.82) is 5.26 Å². The Morgan fingerprint density at radius 1 is 1.10 bits per heavy atom. The second kappa shape index (κ2) is 10.4. The SMILES string of the molecule is C[C@H](OC(=O)c1ccccc1-c1ccccc1C#N)C(=O)NCCC1=CCCCC1. The number of rotatable bonds is 7. The van der Waals surface area contributed by atoms with Crippen molar-refractivity contribution < 1.29 is 14.3 Å². The number of hydrogen-bond donors (Lipinski definition) is 1. The molecule has 0 aliphatic heterocycles. The van der Waals surface area contributed by atoms with Crippen LogP contribution in [0.25, 0.3) is 11.1 Å². The van der Waals surface area contributed by atoms with Crippen LogP contribution in [0.3, 0.4) is 0 Å². The van der Waals surface area contributed by atoms with Crippen LogP contribution in [0.5, 0.6) is 0 Å². The normalized spacial score (nSPS) is 14.2. The zero-order valence-corrected chi connectivity index (χ0v) is 17.2. The first-order chi connectivity index (χ1) is 14.6. The van der Waals surface area contributed by atoms with Crippen molar-refractivity contribution in [3.8, 4) is 17.2 Å². The van der Waals surface area contributed by atoms with Gasteiger partial charge in [-0.05, 0) is 56.7 Å². The lowest BCUT2D eigenvalue weighted by Gasteiger charge is -2.16. The molecular weight excluding hydrogens is 376 g/mol. The molecule has 0 bridgehead atoms. The summed E-state index contributed by atoms with van der Waals surface area (Å²) in [6.45, 7) is 2.11. The predicted octanol–water partition coefficient (Wildman–Crippen LogP) is 4.78. The Balaban J connectivity index is 1.64. The van der Waals surface area contributed by atoms with Gasteiger partial charge in [0.05, 0.1) is 17.2 Å². The van der Waals surface area contributed by atoms with Crippen LogP contribution in [-0.2, 0) is 9.53 Å². The minimum absolute atomic E-state index is 0.310. The topological polar surface area (TPSA) is 79.2 Å². The predicted molar refractivity (Wildman–Crippen MR) is 116 cm³/mol. The number of allylic oxidation sites excluding steroid dienone is 1. The summed E-state index contributed by atoms with van der Waals surface area (Å²) in [5.74, 6) is -0.898. The van der Waals surface area contributed by atoms with Crippen LogP contribution >= 0.6 is 0 Å². The van der Waals surface area contributed by atoms with Crippen LogP contribution < -0.4 is 5.32 Å². The van der Waals surface area contributed by atoms with Gasteiger partial charge in [0.1, 0.15) is 0 Å². The number of carbonyl (C=O) groups excluding carboxylic acids is 2. The summed E-state index contributed by atoms with van der Waals surface area (Å²) in [7, 11) is 0. The first-order valence-corrected chi connectivity index (χ1v) is 10.3. The van der Waals surface area contributed by atoms with E-state index in [2.05, 4.69) is 17.5 Å². The van der Waals surface area contributed by atoms with Crippen molar-refractivity contribution in [2.75, 3.05) is 6.54 Å². The first-order valence-electron chi connectivity index (χ1n) is 10.3. The van der Waals surface area contributed by atoms with Gasteiger partial charge in [0.25, 0.3) is 5.91 Å². The highest BCUT2D eigenvalue weighted by molar-refractivity contribution is 5.99. The molecule has 1 aliphatic rings. The van der Waals surface area contributed by atoms with Gasteiger partial charge in [0, 0.05) is 12.1 Å². The van der Waals surface area contributed by atoms with E-state index in [1.165, 1.54) is 18.4 Å². The zero-order chi connectivity index (χ0) is 21.3. The monoisotopic (exact) mass is 402 g/mol. The molecule has 30 heavy (non-hydrogen) atoms. The number of nitriles is 1. The van der Waals surface area contributed by atoms with Gasteiger partial charge >= 0.3 is 5.97 Å². The first kappa shape index (κ1) is 21.3. The standard InChI is InChI=1S/C25H26N2O3/c1-18(24(28)27-16-15-19-9-3-2-4-10-19)30-25(29)23-14-8-7-13-22(23)21-12-6-5-11-20(21)17-26/h5-9,11-14,18H,2-4,10,15-16H2,1H3,(H,27,28)/t18-/m0/s1. The summed E-state index contributed by atoms with van der Waals surface area (Å²) in [5.41, 5.74) is 3.45. The molecule has 0 saturated carbocycles. The van der Waals surface area contributed by atoms with E-state index in [-0.39, 0.29) is 5.91 Å². The molecule has 1 amide bonds. The third-order valence-corrected chi connectivity index (χ3v) is 5.27. The number of hydrogen-bond acceptors (Lipinski definition) is 4. The quantitative estimate of drug-likeness (QED) is 0.534. The molecule has 5 nitrogen and oxygen atoms in total. The summed E-state index contributed by atoms with van der Waals surface area (Å²) in [6.07, 6.45) is 6.85. The molecule has 3 rings (SSSR count). The summed E-state index contributed by atoms with van der Waals surface area (Å²) in [4.78, 5) is 25.1. The van der Waals surface area contributed by atoms with Crippen molar-refractivity contribution in [3.63, 3.8) is 0 Å². The summed E-state index contributed by atoms with van der Waals surface area (Å²) in [5, 5.41) is 12.2. The number of amides is 1. The van der Waals surface area contributed by atoms with Crippen molar-refractivity contribution in [3.05, 3.63) is 71.3 Å². The number of benzene rings is 2. The smallest absolute Gasteiger partial charge is 0.339 e. The number of esters is 1. The molecule has 0 fully saturated rings. The van der Waals surface area contributed by atoms with Crippen LogP contribution in [0.15, 0.2) is 60.2 Å². The fraction of sp³-hybridized carbons (Fsp3) is 0.320. The molecule has 0 saturated heterocycles. The molecule has 0 radical (unpaired) electrons. The van der Waals surface area contributed by atoms with E-state index < -0.39 is 12.1 Å². The van der Waals surface area contributed by atoms with Crippen LogP contribution in [0.2, 0.25) is 0 Å². The molecule has 1 aliphatic carbocycles. The fourth-order valence-corrected chi connectivity index (χ4v) is 3.61. The van der Waals surface area contributed by atoms with E-state index in [9.17, 15) is 14.9 Å². The summed E-state index contributed by atoms with van der Waals surface area (Å²) >= 11 is 0. The minimum Gasteiger partial charge on any atom is -0.449 e. The third-order valence-electron chi connectivity index (χ3n) is 5.27. The van der Waals surface area contributed by atoms with Gasteiger partial charge in [-0.3, -0.25) is 4.79 Å².